The van der Waals surface area contributed by atoms with Gasteiger partial charge in [0.2, 0.25) is 5.91 Å². The summed E-state index contributed by atoms with van der Waals surface area (Å²) in [6.07, 6.45) is -0.164. The van der Waals surface area contributed by atoms with Gasteiger partial charge in [-0.1, -0.05) is 12.1 Å². The molecule has 1 aromatic heterocycles. The zero-order valence-corrected chi connectivity index (χ0v) is 15.4. The highest BCUT2D eigenvalue weighted by atomic mass is 19.4. The van der Waals surface area contributed by atoms with E-state index in [-0.39, 0.29) is 18.4 Å². The smallest absolute Gasteiger partial charge is 0.355 e. The van der Waals surface area contributed by atoms with Crippen molar-refractivity contribution >= 4 is 11.7 Å². The summed E-state index contributed by atoms with van der Waals surface area (Å²) in [6.45, 7) is 1.64. The number of H-pyrrole nitrogens is 1. The van der Waals surface area contributed by atoms with Crippen LogP contribution in [-0.4, -0.2) is 35.2 Å². The number of carbonyl (C=O) groups is 1. The third-order valence-corrected chi connectivity index (χ3v) is 5.43. The Morgan fingerprint density at radius 3 is 2.43 bits per heavy atom. The van der Waals surface area contributed by atoms with Gasteiger partial charge < -0.3 is 10.2 Å². The lowest BCUT2D eigenvalue weighted by Crippen LogP contribution is -2.45. The molecule has 1 saturated carbocycles. The number of halogens is 3. The van der Waals surface area contributed by atoms with E-state index in [9.17, 15) is 18.0 Å². The highest BCUT2D eigenvalue weighted by molar-refractivity contribution is 5.78. The number of amides is 1. The number of rotatable bonds is 5. The van der Waals surface area contributed by atoms with Gasteiger partial charge in [0.15, 0.2) is 5.82 Å². The van der Waals surface area contributed by atoms with Crippen molar-refractivity contribution in [1.29, 1.82) is 0 Å². The zero-order chi connectivity index (χ0) is 19.7. The summed E-state index contributed by atoms with van der Waals surface area (Å²) < 4.78 is 37.8. The molecule has 0 spiro atoms. The van der Waals surface area contributed by atoms with Crippen molar-refractivity contribution in [3.63, 3.8) is 0 Å². The van der Waals surface area contributed by atoms with Crippen LogP contribution >= 0.6 is 0 Å². The van der Waals surface area contributed by atoms with Crippen LogP contribution in [0.4, 0.5) is 19.0 Å². The molecule has 2 aromatic rings. The van der Waals surface area contributed by atoms with E-state index in [1.54, 1.807) is 0 Å². The van der Waals surface area contributed by atoms with E-state index < -0.39 is 11.7 Å². The number of alkyl halides is 3. The Labute approximate surface area is 161 Å². The SMILES string of the molecule is O=C(Cc1ccc(C(F)(F)F)cc1)NC1CCN(c2cc(C3CC3)[nH]n2)CC1. The quantitative estimate of drug-likeness (QED) is 0.817. The minimum atomic E-state index is -4.36. The Bertz CT molecular complexity index is 819. The Kier molecular flexibility index (Phi) is 5.03. The van der Waals surface area contributed by atoms with Crippen LogP contribution in [0.3, 0.4) is 0 Å². The molecule has 5 nitrogen and oxygen atoms in total. The summed E-state index contributed by atoms with van der Waals surface area (Å²) in [5.41, 5.74) is 1.08. The first-order valence-corrected chi connectivity index (χ1v) is 9.64. The maximum absolute atomic E-state index is 12.6. The van der Waals surface area contributed by atoms with Crippen LogP contribution in [0.5, 0.6) is 0 Å². The molecule has 2 aliphatic rings. The predicted octanol–water partition coefficient (Wildman–Crippen LogP) is 3.63. The second kappa shape index (κ2) is 7.48. The molecule has 2 N–H and O–H groups in total. The standard InChI is InChI=1S/C20H23F3N4O/c21-20(22,23)15-5-1-13(2-6-15)11-19(28)24-16-7-9-27(10-8-16)18-12-17(25-26-18)14-3-4-14/h1-2,5-6,12,14,16H,3-4,7-11H2,(H,24,28)(H,25,26). The van der Waals surface area contributed by atoms with E-state index in [0.717, 1.165) is 43.9 Å². The number of carbonyl (C=O) groups excluding carboxylic acids is 1. The summed E-state index contributed by atoms with van der Waals surface area (Å²) >= 11 is 0. The lowest BCUT2D eigenvalue weighted by Gasteiger charge is -2.32. The highest BCUT2D eigenvalue weighted by Gasteiger charge is 2.30. The number of hydrogen-bond donors (Lipinski definition) is 2. The van der Waals surface area contributed by atoms with Gasteiger partial charge in [0, 0.05) is 36.8 Å². The molecule has 2 heterocycles. The number of aromatic nitrogens is 2. The highest BCUT2D eigenvalue weighted by Crippen LogP contribution is 2.40. The second-order valence-electron chi connectivity index (χ2n) is 7.66. The first-order valence-electron chi connectivity index (χ1n) is 9.64. The van der Waals surface area contributed by atoms with Crippen molar-refractivity contribution < 1.29 is 18.0 Å². The fraction of sp³-hybridized carbons (Fsp3) is 0.500. The van der Waals surface area contributed by atoms with E-state index in [1.807, 2.05) is 0 Å². The minimum Gasteiger partial charge on any atom is -0.355 e. The van der Waals surface area contributed by atoms with Crippen LogP contribution in [0, 0.1) is 0 Å². The number of nitrogens with zero attached hydrogens (tertiary/aromatic N) is 2. The topological polar surface area (TPSA) is 61.0 Å². The van der Waals surface area contributed by atoms with Gasteiger partial charge in [0.1, 0.15) is 0 Å². The molecule has 150 valence electrons. The molecule has 1 saturated heterocycles. The Morgan fingerprint density at radius 2 is 1.82 bits per heavy atom. The summed E-state index contributed by atoms with van der Waals surface area (Å²) in [5.74, 6) is 1.45. The lowest BCUT2D eigenvalue weighted by molar-refractivity contribution is -0.137. The molecule has 28 heavy (non-hydrogen) atoms. The molecular weight excluding hydrogens is 369 g/mol. The van der Waals surface area contributed by atoms with Gasteiger partial charge in [0.05, 0.1) is 12.0 Å². The Hall–Kier alpha value is -2.51. The van der Waals surface area contributed by atoms with Gasteiger partial charge in [-0.15, -0.1) is 0 Å². The van der Waals surface area contributed by atoms with Crippen molar-refractivity contribution in [2.45, 2.75) is 50.2 Å². The van der Waals surface area contributed by atoms with Gasteiger partial charge in [-0.3, -0.25) is 9.89 Å². The molecule has 4 rings (SSSR count). The zero-order valence-electron chi connectivity index (χ0n) is 15.4. The summed E-state index contributed by atoms with van der Waals surface area (Å²) in [6, 6.07) is 6.96. The fourth-order valence-corrected chi connectivity index (χ4v) is 3.62. The van der Waals surface area contributed by atoms with Crippen molar-refractivity contribution in [1.82, 2.24) is 15.5 Å². The molecule has 1 amide bonds. The third-order valence-electron chi connectivity index (χ3n) is 5.43. The van der Waals surface area contributed by atoms with Crippen molar-refractivity contribution in [3.8, 4) is 0 Å². The molecule has 0 radical (unpaired) electrons. The second-order valence-corrected chi connectivity index (χ2v) is 7.66. The number of hydrogen-bond acceptors (Lipinski definition) is 3. The molecule has 0 bridgehead atoms. The van der Waals surface area contributed by atoms with E-state index in [2.05, 4.69) is 26.5 Å². The van der Waals surface area contributed by atoms with Crippen LogP contribution in [0.25, 0.3) is 0 Å². The van der Waals surface area contributed by atoms with Crippen molar-refractivity contribution in [3.05, 3.63) is 47.2 Å². The summed E-state index contributed by atoms with van der Waals surface area (Å²) in [4.78, 5) is 14.5. The van der Waals surface area contributed by atoms with E-state index in [0.29, 0.717) is 11.5 Å². The molecule has 0 atom stereocenters. The third kappa shape index (κ3) is 4.48. The molecule has 8 heteroatoms. The minimum absolute atomic E-state index is 0.0834. The summed E-state index contributed by atoms with van der Waals surface area (Å²) in [5, 5.41) is 10.5. The van der Waals surface area contributed by atoms with Crippen LogP contribution < -0.4 is 10.2 Å². The number of benzene rings is 1. The summed E-state index contributed by atoms with van der Waals surface area (Å²) in [7, 11) is 0. The number of aromatic amines is 1. The van der Waals surface area contributed by atoms with Crippen LogP contribution in [0.15, 0.2) is 30.3 Å². The normalized spacial score (nSPS) is 18.3. The molecule has 2 fully saturated rings. The first kappa shape index (κ1) is 18.8. The van der Waals surface area contributed by atoms with Gasteiger partial charge in [-0.05, 0) is 43.4 Å². The van der Waals surface area contributed by atoms with Crippen molar-refractivity contribution in [2.24, 2.45) is 0 Å². The fourth-order valence-electron chi connectivity index (χ4n) is 3.62. The van der Waals surface area contributed by atoms with Gasteiger partial charge in [-0.25, -0.2) is 0 Å². The predicted molar refractivity (Wildman–Crippen MR) is 99.1 cm³/mol. The largest absolute Gasteiger partial charge is 0.416 e. The Balaban J connectivity index is 1.24. The maximum Gasteiger partial charge on any atom is 0.416 e. The number of piperidine rings is 1. The Morgan fingerprint density at radius 1 is 1.14 bits per heavy atom. The molecular formula is C20H23F3N4O. The average Bonchev–Trinajstić information content (AvgIpc) is 3.39. The van der Waals surface area contributed by atoms with Crippen LogP contribution in [0.1, 0.15) is 48.4 Å². The molecule has 1 aromatic carbocycles. The lowest BCUT2D eigenvalue weighted by atomic mass is 10.0. The van der Waals surface area contributed by atoms with Gasteiger partial charge in [0.25, 0.3) is 0 Å². The number of anilines is 1. The maximum atomic E-state index is 12.6. The molecule has 1 aliphatic heterocycles. The number of nitrogens with one attached hydrogen (secondary N) is 2. The van der Waals surface area contributed by atoms with E-state index in [1.165, 1.54) is 30.7 Å². The van der Waals surface area contributed by atoms with E-state index >= 15 is 0 Å². The van der Waals surface area contributed by atoms with E-state index in [4.69, 9.17) is 0 Å². The van der Waals surface area contributed by atoms with Gasteiger partial charge in [-0.2, -0.15) is 18.3 Å². The molecule has 0 unspecified atom stereocenters. The monoisotopic (exact) mass is 392 g/mol. The first-order chi connectivity index (χ1) is 13.4. The van der Waals surface area contributed by atoms with Crippen LogP contribution in [-0.2, 0) is 17.4 Å². The van der Waals surface area contributed by atoms with Gasteiger partial charge >= 0.3 is 6.18 Å². The van der Waals surface area contributed by atoms with Crippen LogP contribution in [0.2, 0.25) is 0 Å². The molecule has 1 aliphatic carbocycles. The van der Waals surface area contributed by atoms with Crippen molar-refractivity contribution in [2.75, 3.05) is 18.0 Å². The average molecular weight is 392 g/mol.